The molecular weight excluding hydrogens is 238 g/mol. The molecule has 3 heteroatoms. The molecule has 1 N–H and O–H groups in total. The van der Waals surface area contributed by atoms with E-state index in [4.69, 9.17) is 9.47 Å². The van der Waals surface area contributed by atoms with Crippen molar-refractivity contribution in [1.82, 2.24) is 5.32 Å². The van der Waals surface area contributed by atoms with Crippen molar-refractivity contribution in [1.29, 1.82) is 0 Å². The quantitative estimate of drug-likeness (QED) is 0.800. The predicted molar refractivity (Wildman–Crippen MR) is 78.1 cm³/mol. The summed E-state index contributed by atoms with van der Waals surface area (Å²) in [5.74, 6) is 2.61. The molecule has 0 saturated heterocycles. The zero-order chi connectivity index (χ0) is 13.7. The number of benzene rings is 1. The van der Waals surface area contributed by atoms with E-state index in [1.165, 1.54) is 12.0 Å². The molecule has 2 rings (SSSR count). The van der Waals surface area contributed by atoms with Crippen LogP contribution in [0.2, 0.25) is 0 Å². The van der Waals surface area contributed by atoms with Crippen LogP contribution in [0.5, 0.6) is 11.5 Å². The lowest BCUT2D eigenvalue weighted by Gasteiger charge is -2.26. The van der Waals surface area contributed by atoms with Gasteiger partial charge in [0, 0.05) is 12.6 Å². The Bertz CT molecular complexity index is 404. The lowest BCUT2D eigenvalue weighted by molar-refractivity contribution is 0.169. The fourth-order valence-electron chi connectivity index (χ4n) is 2.33. The lowest BCUT2D eigenvalue weighted by Crippen LogP contribution is -2.34. The van der Waals surface area contributed by atoms with Crippen molar-refractivity contribution >= 4 is 0 Å². The summed E-state index contributed by atoms with van der Waals surface area (Å²) < 4.78 is 11.3. The van der Waals surface area contributed by atoms with Gasteiger partial charge in [-0.2, -0.15) is 0 Å². The van der Waals surface area contributed by atoms with Crippen LogP contribution >= 0.6 is 0 Å². The second kappa shape index (κ2) is 6.80. The summed E-state index contributed by atoms with van der Waals surface area (Å²) in [6.45, 7) is 6.51. The largest absolute Gasteiger partial charge is 0.497 e. The number of hydrogen-bond donors (Lipinski definition) is 1. The zero-order valence-electron chi connectivity index (χ0n) is 12.2. The molecule has 0 bridgehead atoms. The predicted octanol–water partition coefficient (Wildman–Crippen LogP) is 3.02. The molecule has 1 aromatic carbocycles. The number of ether oxygens (including phenoxy) is 2. The average molecular weight is 263 g/mol. The smallest absolute Gasteiger partial charge is 0.126 e. The van der Waals surface area contributed by atoms with Crippen LogP contribution in [0.4, 0.5) is 0 Å². The topological polar surface area (TPSA) is 30.5 Å². The Balaban J connectivity index is 1.83. The fraction of sp³-hybridized carbons (Fsp3) is 0.625. The molecule has 0 spiro atoms. The van der Waals surface area contributed by atoms with Crippen LogP contribution in [0.15, 0.2) is 18.2 Å². The minimum atomic E-state index is 0.284. The van der Waals surface area contributed by atoms with E-state index in [-0.39, 0.29) is 6.10 Å². The van der Waals surface area contributed by atoms with E-state index in [9.17, 15) is 0 Å². The van der Waals surface area contributed by atoms with Gasteiger partial charge >= 0.3 is 0 Å². The van der Waals surface area contributed by atoms with Gasteiger partial charge in [-0.1, -0.05) is 19.9 Å². The normalized spacial score (nSPS) is 18.0. The monoisotopic (exact) mass is 263 g/mol. The van der Waals surface area contributed by atoms with Crippen molar-refractivity contribution in [3.05, 3.63) is 23.8 Å². The van der Waals surface area contributed by atoms with Crippen LogP contribution in [0.1, 0.15) is 32.3 Å². The number of aryl methyl sites for hydroxylation is 1. The van der Waals surface area contributed by atoms with Crippen LogP contribution in [0.25, 0.3) is 0 Å². The van der Waals surface area contributed by atoms with Gasteiger partial charge in [-0.25, -0.2) is 0 Å². The third kappa shape index (κ3) is 4.13. The molecule has 19 heavy (non-hydrogen) atoms. The molecule has 0 fully saturated rings. The van der Waals surface area contributed by atoms with Gasteiger partial charge in [0.1, 0.15) is 17.6 Å². The van der Waals surface area contributed by atoms with Gasteiger partial charge in [0.15, 0.2) is 0 Å². The van der Waals surface area contributed by atoms with Gasteiger partial charge in [0.25, 0.3) is 0 Å². The molecule has 1 atom stereocenters. The molecule has 0 saturated carbocycles. The number of fused-ring (bicyclic) bond motifs is 1. The number of rotatable bonds is 6. The van der Waals surface area contributed by atoms with E-state index in [1.54, 1.807) is 7.11 Å². The Hall–Kier alpha value is -1.22. The van der Waals surface area contributed by atoms with Gasteiger partial charge in [0.2, 0.25) is 0 Å². The summed E-state index contributed by atoms with van der Waals surface area (Å²) in [6.07, 6.45) is 3.69. The Morgan fingerprint density at radius 1 is 1.42 bits per heavy atom. The van der Waals surface area contributed by atoms with Gasteiger partial charge in [-0.3, -0.25) is 0 Å². The maximum Gasteiger partial charge on any atom is 0.126 e. The fourth-order valence-corrected chi connectivity index (χ4v) is 2.33. The second-order valence-electron chi connectivity index (χ2n) is 5.64. The van der Waals surface area contributed by atoms with Crippen LogP contribution in [0.3, 0.4) is 0 Å². The first-order chi connectivity index (χ1) is 9.19. The highest BCUT2D eigenvalue weighted by Gasteiger charge is 2.19. The molecule has 1 aliphatic rings. The molecule has 0 radical (unpaired) electrons. The van der Waals surface area contributed by atoms with E-state index in [2.05, 4.69) is 25.2 Å². The van der Waals surface area contributed by atoms with Crippen LogP contribution in [-0.4, -0.2) is 26.3 Å². The average Bonchev–Trinajstić information content (AvgIpc) is 2.42. The maximum absolute atomic E-state index is 6.04. The highest BCUT2D eigenvalue weighted by Crippen LogP contribution is 2.31. The van der Waals surface area contributed by atoms with E-state index >= 15 is 0 Å². The molecule has 1 aliphatic heterocycles. The summed E-state index contributed by atoms with van der Waals surface area (Å²) in [5, 5.41) is 3.49. The number of methoxy groups -OCH3 is 1. The molecule has 0 aliphatic carbocycles. The summed E-state index contributed by atoms with van der Waals surface area (Å²) >= 11 is 0. The molecule has 0 aromatic heterocycles. The Morgan fingerprint density at radius 3 is 3.00 bits per heavy atom. The molecule has 106 valence electrons. The molecule has 3 nitrogen and oxygen atoms in total. The van der Waals surface area contributed by atoms with E-state index in [0.717, 1.165) is 43.3 Å². The molecule has 1 aromatic rings. The first kappa shape index (κ1) is 14.2. The summed E-state index contributed by atoms with van der Waals surface area (Å²) in [6, 6.07) is 6.11. The minimum absolute atomic E-state index is 0.284. The second-order valence-corrected chi connectivity index (χ2v) is 5.64. The van der Waals surface area contributed by atoms with Crippen LogP contribution in [0, 0.1) is 5.92 Å². The van der Waals surface area contributed by atoms with Crippen molar-refractivity contribution in [2.24, 2.45) is 5.92 Å². The standard InChI is InChI=1S/C16H25NO2/c1-12(2)8-9-17-11-15-7-5-13-4-6-14(18-3)10-16(13)19-15/h4,6,10,12,15,17H,5,7-9,11H2,1-3H3. The van der Waals surface area contributed by atoms with Gasteiger partial charge in [0.05, 0.1) is 7.11 Å². The Morgan fingerprint density at radius 2 is 2.26 bits per heavy atom. The van der Waals surface area contributed by atoms with Gasteiger partial charge in [-0.05, 0) is 43.4 Å². The van der Waals surface area contributed by atoms with Crippen molar-refractivity contribution in [3.63, 3.8) is 0 Å². The molecule has 0 amide bonds. The molecule has 1 unspecified atom stereocenters. The minimum Gasteiger partial charge on any atom is -0.497 e. The third-order valence-electron chi connectivity index (χ3n) is 3.57. The van der Waals surface area contributed by atoms with Crippen molar-refractivity contribution in [2.75, 3.05) is 20.2 Å². The summed E-state index contributed by atoms with van der Waals surface area (Å²) in [5.41, 5.74) is 1.29. The van der Waals surface area contributed by atoms with Crippen LogP contribution < -0.4 is 14.8 Å². The van der Waals surface area contributed by atoms with E-state index in [0.29, 0.717) is 0 Å². The van der Waals surface area contributed by atoms with E-state index < -0.39 is 0 Å². The van der Waals surface area contributed by atoms with Crippen LogP contribution in [-0.2, 0) is 6.42 Å². The first-order valence-electron chi connectivity index (χ1n) is 7.23. The Labute approximate surface area is 116 Å². The van der Waals surface area contributed by atoms with Gasteiger partial charge in [-0.15, -0.1) is 0 Å². The van der Waals surface area contributed by atoms with Gasteiger partial charge < -0.3 is 14.8 Å². The molecular formula is C16H25NO2. The maximum atomic E-state index is 6.04. The molecule has 1 heterocycles. The number of hydrogen-bond acceptors (Lipinski definition) is 3. The van der Waals surface area contributed by atoms with E-state index in [1.807, 2.05) is 12.1 Å². The van der Waals surface area contributed by atoms with Crippen molar-refractivity contribution < 1.29 is 9.47 Å². The SMILES string of the molecule is COc1ccc2c(c1)OC(CNCCC(C)C)CC2. The van der Waals surface area contributed by atoms with Crippen molar-refractivity contribution in [3.8, 4) is 11.5 Å². The summed E-state index contributed by atoms with van der Waals surface area (Å²) in [4.78, 5) is 0. The summed E-state index contributed by atoms with van der Waals surface area (Å²) in [7, 11) is 1.69. The van der Waals surface area contributed by atoms with Crippen molar-refractivity contribution in [2.45, 2.75) is 39.2 Å². The highest BCUT2D eigenvalue weighted by atomic mass is 16.5. The zero-order valence-corrected chi connectivity index (χ0v) is 12.2. The first-order valence-corrected chi connectivity index (χ1v) is 7.23. The lowest BCUT2D eigenvalue weighted by atomic mass is 10.0. The Kier molecular flexibility index (Phi) is 5.08. The highest BCUT2D eigenvalue weighted by molar-refractivity contribution is 5.42. The third-order valence-corrected chi connectivity index (χ3v) is 3.57. The number of nitrogens with one attached hydrogen (secondary N) is 1.